The first-order chi connectivity index (χ1) is 16.5. The van der Waals surface area contributed by atoms with Crippen molar-refractivity contribution in [3.05, 3.63) is 101 Å². The predicted octanol–water partition coefficient (Wildman–Crippen LogP) is 4.35. The normalized spacial score (nSPS) is 10.9. The number of rotatable bonds is 6. The number of halogens is 1. The van der Waals surface area contributed by atoms with Crippen LogP contribution in [0.25, 0.3) is 16.4 Å². The van der Waals surface area contributed by atoms with Crippen molar-refractivity contribution in [1.82, 2.24) is 24.3 Å². The Morgan fingerprint density at radius 3 is 2.56 bits per heavy atom. The Balaban J connectivity index is 1.40. The van der Waals surface area contributed by atoms with Gasteiger partial charge in [0.15, 0.2) is 11.6 Å². The van der Waals surface area contributed by atoms with Crippen molar-refractivity contribution in [2.24, 2.45) is 7.05 Å². The molecular weight excluding hydrogens is 455 g/mol. The van der Waals surface area contributed by atoms with Crippen molar-refractivity contribution < 1.29 is 14.0 Å². The van der Waals surface area contributed by atoms with Crippen LogP contribution in [0.3, 0.4) is 0 Å². The number of nitrogens with one attached hydrogen (secondary N) is 1. The average Bonchev–Trinajstić information content (AvgIpc) is 3.59. The molecule has 168 valence electrons. The third-order valence-corrected chi connectivity index (χ3v) is 5.90. The second-order valence-corrected chi connectivity index (χ2v) is 8.30. The van der Waals surface area contributed by atoms with Gasteiger partial charge in [-0.15, -0.1) is 16.4 Å². The molecule has 3 heterocycles. The number of anilines is 1. The Labute approximate surface area is 197 Å². The average molecular weight is 473 g/mol. The Kier molecular flexibility index (Phi) is 5.56. The van der Waals surface area contributed by atoms with E-state index < -0.39 is 11.7 Å². The van der Waals surface area contributed by atoms with E-state index in [0.717, 1.165) is 4.88 Å². The van der Waals surface area contributed by atoms with Crippen LogP contribution in [0.2, 0.25) is 0 Å². The van der Waals surface area contributed by atoms with Gasteiger partial charge in [-0.2, -0.15) is 0 Å². The summed E-state index contributed by atoms with van der Waals surface area (Å²) < 4.78 is 16.9. The lowest BCUT2D eigenvalue weighted by Crippen LogP contribution is -2.14. The minimum Gasteiger partial charge on any atom is -0.331 e. The molecule has 2 aromatic carbocycles. The zero-order valence-corrected chi connectivity index (χ0v) is 18.7. The van der Waals surface area contributed by atoms with Crippen LogP contribution in [0.5, 0.6) is 0 Å². The predicted molar refractivity (Wildman–Crippen MR) is 126 cm³/mol. The zero-order valence-electron chi connectivity index (χ0n) is 17.8. The molecule has 0 aliphatic rings. The highest BCUT2D eigenvalue weighted by Crippen LogP contribution is 2.26. The maximum Gasteiger partial charge on any atom is 0.295 e. The van der Waals surface area contributed by atoms with Crippen LogP contribution in [0, 0.1) is 5.82 Å². The maximum absolute atomic E-state index is 13.8. The highest BCUT2D eigenvalue weighted by molar-refractivity contribution is 7.13. The number of thiophene rings is 1. The molecule has 0 bridgehead atoms. The molecule has 0 spiro atoms. The minimum atomic E-state index is -0.531. The summed E-state index contributed by atoms with van der Waals surface area (Å²) in [5.74, 6) is -0.485. The van der Waals surface area contributed by atoms with Gasteiger partial charge in [0.1, 0.15) is 5.82 Å². The molecule has 5 rings (SSSR count). The van der Waals surface area contributed by atoms with Gasteiger partial charge in [-0.3, -0.25) is 9.59 Å². The number of hydrogen-bond acceptors (Lipinski definition) is 6. The van der Waals surface area contributed by atoms with Gasteiger partial charge in [0.25, 0.3) is 5.91 Å². The molecule has 0 atom stereocenters. The summed E-state index contributed by atoms with van der Waals surface area (Å²) >= 11 is 1.43. The number of benzene rings is 2. The van der Waals surface area contributed by atoms with E-state index in [2.05, 4.69) is 20.4 Å². The number of aryl methyl sites for hydroxylation is 1. The number of amides is 1. The van der Waals surface area contributed by atoms with E-state index in [-0.39, 0.29) is 11.6 Å². The Hall–Kier alpha value is -4.44. The molecule has 1 N–H and O–H groups in total. The monoisotopic (exact) mass is 472 g/mol. The number of ketones is 1. The van der Waals surface area contributed by atoms with Crippen LogP contribution < -0.4 is 5.32 Å². The van der Waals surface area contributed by atoms with E-state index in [1.165, 1.54) is 28.2 Å². The van der Waals surface area contributed by atoms with Crippen LogP contribution in [0.1, 0.15) is 26.8 Å². The second-order valence-electron chi connectivity index (χ2n) is 7.35. The quantitative estimate of drug-likeness (QED) is 0.371. The molecule has 0 fully saturated rings. The number of carbonyl (C=O) groups excluding carboxylic acids is 2. The number of hydrogen-bond donors (Lipinski definition) is 1. The van der Waals surface area contributed by atoms with Gasteiger partial charge in [0.05, 0.1) is 10.6 Å². The summed E-state index contributed by atoms with van der Waals surface area (Å²) in [4.78, 5) is 34.7. The van der Waals surface area contributed by atoms with Crippen molar-refractivity contribution in [2.45, 2.75) is 0 Å². The summed E-state index contributed by atoms with van der Waals surface area (Å²) in [5, 5.41) is 8.95. The standard InChI is InChI=1S/C24H17FN6O2S/c1-30-12-11-26-23(30)20(32)15-7-9-17(10-8-15)27-24(33)21-28-22(19-6-3-13-34-19)31(29-21)18-5-2-4-16(25)14-18/h2-14H,1H3,(H,27,33). The first kappa shape index (κ1) is 21.4. The minimum absolute atomic E-state index is 0.0687. The smallest absolute Gasteiger partial charge is 0.295 e. The van der Waals surface area contributed by atoms with Crippen molar-refractivity contribution in [2.75, 3.05) is 5.32 Å². The summed E-state index contributed by atoms with van der Waals surface area (Å²) in [6, 6.07) is 16.1. The van der Waals surface area contributed by atoms with E-state index >= 15 is 0 Å². The second kappa shape index (κ2) is 8.83. The van der Waals surface area contributed by atoms with Gasteiger partial charge < -0.3 is 9.88 Å². The van der Waals surface area contributed by atoms with Crippen molar-refractivity contribution in [3.63, 3.8) is 0 Å². The number of aromatic nitrogens is 5. The highest BCUT2D eigenvalue weighted by atomic mass is 32.1. The van der Waals surface area contributed by atoms with Crippen LogP contribution in [-0.2, 0) is 7.05 Å². The fraction of sp³-hybridized carbons (Fsp3) is 0.0417. The lowest BCUT2D eigenvalue weighted by Gasteiger charge is -2.05. The van der Waals surface area contributed by atoms with Gasteiger partial charge in [-0.1, -0.05) is 12.1 Å². The molecule has 0 radical (unpaired) electrons. The van der Waals surface area contributed by atoms with E-state index in [0.29, 0.717) is 28.6 Å². The summed E-state index contributed by atoms with van der Waals surface area (Å²) in [7, 11) is 1.75. The van der Waals surface area contributed by atoms with Crippen LogP contribution >= 0.6 is 11.3 Å². The van der Waals surface area contributed by atoms with Crippen molar-refractivity contribution in [3.8, 4) is 16.4 Å². The van der Waals surface area contributed by atoms with Gasteiger partial charge in [0.2, 0.25) is 11.6 Å². The maximum atomic E-state index is 13.8. The summed E-state index contributed by atoms with van der Waals surface area (Å²) in [6.07, 6.45) is 3.25. The molecule has 0 aliphatic heterocycles. The van der Waals surface area contributed by atoms with Crippen LogP contribution in [0.15, 0.2) is 78.4 Å². The first-order valence-corrected chi connectivity index (χ1v) is 11.1. The third kappa shape index (κ3) is 4.14. The van der Waals surface area contributed by atoms with Gasteiger partial charge in [-0.25, -0.2) is 19.0 Å². The number of carbonyl (C=O) groups is 2. The fourth-order valence-corrected chi connectivity index (χ4v) is 4.07. The molecule has 0 aliphatic carbocycles. The molecule has 1 amide bonds. The van der Waals surface area contributed by atoms with E-state index in [1.54, 1.807) is 60.4 Å². The summed E-state index contributed by atoms with van der Waals surface area (Å²) in [5.41, 5.74) is 1.37. The Bertz CT molecular complexity index is 1490. The number of imidazole rings is 1. The SMILES string of the molecule is Cn1ccnc1C(=O)c1ccc(NC(=O)c2nc(-c3cccs3)n(-c3cccc(F)c3)n2)cc1. The molecule has 8 nitrogen and oxygen atoms in total. The van der Waals surface area contributed by atoms with Crippen LogP contribution in [-0.4, -0.2) is 36.0 Å². The number of nitrogens with zero attached hydrogens (tertiary/aromatic N) is 5. The molecule has 34 heavy (non-hydrogen) atoms. The first-order valence-electron chi connectivity index (χ1n) is 10.2. The largest absolute Gasteiger partial charge is 0.331 e. The third-order valence-electron chi connectivity index (χ3n) is 5.03. The van der Waals surface area contributed by atoms with Gasteiger partial charge in [0, 0.05) is 30.7 Å². The van der Waals surface area contributed by atoms with Crippen molar-refractivity contribution >= 4 is 28.7 Å². The Morgan fingerprint density at radius 1 is 1.06 bits per heavy atom. The van der Waals surface area contributed by atoms with Gasteiger partial charge in [-0.05, 0) is 53.9 Å². The fourth-order valence-electron chi connectivity index (χ4n) is 3.37. The molecule has 0 saturated carbocycles. The molecule has 5 aromatic rings. The van der Waals surface area contributed by atoms with E-state index in [4.69, 9.17) is 0 Å². The molecule has 0 unspecified atom stereocenters. The zero-order chi connectivity index (χ0) is 23.7. The lowest BCUT2D eigenvalue weighted by atomic mass is 10.1. The van der Waals surface area contributed by atoms with E-state index in [1.807, 2.05) is 17.5 Å². The highest BCUT2D eigenvalue weighted by Gasteiger charge is 2.20. The molecular formula is C24H17FN6O2S. The van der Waals surface area contributed by atoms with Crippen LogP contribution in [0.4, 0.5) is 10.1 Å². The molecule has 0 saturated heterocycles. The van der Waals surface area contributed by atoms with Gasteiger partial charge >= 0.3 is 0 Å². The molecule has 10 heteroatoms. The van der Waals surface area contributed by atoms with Crippen molar-refractivity contribution in [1.29, 1.82) is 0 Å². The van der Waals surface area contributed by atoms with E-state index in [9.17, 15) is 14.0 Å². The topological polar surface area (TPSA) is 94.7 Å². The Morgan fingerprint density at radius 2 is 1.88 bits per heavy atom. The molecule has 3 aromatic heterocycles. The summed E-state index contributed by atoms with van der Waals surface area (Å²) in [6.45, 7) is 0. The lowest BCUT2D eigenvalue weighted by molar-refractivity contribution is 0.101.